The highest BCUT2D eigenvalue weighted by Gasteiger charge is 2.34. The summed E-state index contributed by atoms with van der Waals surface area (Å²) in [5.74, 6) is -0.792. The average molecular weight is 295 g/mol. The summed E-state index contributed by atoms with van der Waals surface area (Å²) in [6.07, 6.45) is -3.24. The minimum Gasteiger partial charge on any atom is -0.346 e. The number of hydrogen-bond donors (Lipinski definition) is 1. The van der Waals surface area contributed by atoms with E-state index in [1.165, 1.54) is 18.5 Å². The number of alkyl halides is 3. The normalized spacial score (nSPS) is 11.2. The van der Waals surface area contributed by atoms with E-state index in [-0.39, 0.29) is 6.54 Å². The number of hydrogen-bond acceptors (Lipinski definition) is 3. The first-order chi connectivity index (χ1) is 9.88. The van der Waals surface area contributed by atoms with Crippen LogP contribution < -0.4 is 5.32 Å². The zero-order chi connectivity index (χ0) is 15.5. The van der Waals surface area contributed by atoms with Crippen molar-refractivity contribution in [1.29, 1.82) is 0 Å². The van der Waals surface area contributed by atoms with Gasteiger partial charge < -0.3 is 5.32 Å². The Kier molecular flexibility index (Phi) is 4.21. The monoisotopic (exact) mass is 295 g/mol. The van der Waals surface area contributed by atoms with Gasteiger partial charge in [0.2, 0.25) is 0 Å². The second kappa shape index (κ2) is 5.90. The number of carbonyl (C=O) groups excluding carboxylic acids is 1. The number of aryl methyl sites for hydroxylation is 1. The fourth-order valence-corrected chi connectivity index (χ4v) is 1.80. The summed E-state index contributed by atoms with van der Waals surface area (Å²) >= 11 is 0. The van der Waals surface area contributed by atoms with Gasteiger partial charge in [0, 0.05) is 5.69 Å². The van der Waals surface area contributed by atoms with Gasteiger partial charge in [0.05, 0.1) is 23.4 Å². The van der Waals surface area contributed by atoms with Crippen LogP contribution in [0.3, 0.4) is 0 Å². The lowest BCUT2D eigenvalue weighted by Crippen LogP contribution is -2.26. The van der Waals surface area contributed by atoms with Gasteiger partial charge in [0.1, 0.15) is 6.33 Å². The van der Waals surface area contributed by atoms with Crippen molar-refractivity contribution in [1.82, 2.24) is 15.3 Å². The van der Waals surface area contributed by atoms with Crippen LogP contribution in [0.5, 0.6) is 0 Å². The first-order valence-corrected chi connectivity index (χ1v) is 6.10. The van der Waals surface area contributed by atoms with Gasteiger partial charge >= 0.3 is 6.18 Å². The highest BCUT2D eigenvalue weighted by Crippen LogP contribution is 2.31. The van der Waals surface area contributed by atoms with Crippen LogP contribution in [0.25, 0.3) is 0 Å². The standard InChI is InChI=1S/C14H12F3N3O/c1-9-6-10(20-8-19-9)7-18-13(21)11-4-2-3-5-12(11)14(15,16)17/h2-6,8H,7H2,1H3,(H,18,21). The van der Waals surface area contributed by atoms with Crippen molar-refractivity contribution in [3.8, 4) is 0 Å². The van der Waals surface area contributed by atoms with Crippen LogP contribution >= 0.6 is 0 Å². The summed E-state index contributed by atoms with van der Waals surface area (Å²) < 4.78 is 38.5. The second-order valence-corrected chi connectivity index (χ2v) is 4.38. The van der Waals surface area contributed by atoms with Crippen molar-refractivity contribution in [2.24, 2.45) is 0 Å². The third kappa shape index (κ3) is 3.77. The summed E-state index contributed by atoms with van der Waals surface area (Å²) in [7, 11) is 0. The fourth-order valence-electron chi connectivity index (χ4n) is 1.80. The number of benzene rings is 1. The van der Waals surface area contributed by atoms with Crippen molar-refractivity contribution >= 4 is 5.91 Å². The fraction of sp³-hybridized carbons (Fsp3) is 0.214. The lowest BCUT2D eigenvalue weighted by Gasteiger charge is -2.12. The molecule has 0 spiro atoms. The molecule has 0 saturated carbocycles. The summed E-state index contributed by atoms with van der Waals surface area (Å²) in [4.78, 5) is 19.7. The Morgan fingerprint density at radius 3 is 2.62 bits per heavy atom. The van der Waals surface area contributed by atoms with E-state index in [0.29, 0.717) is 11.4 Å². The molecule has 0 atom stereocenters. The van der Waals surface area contributed by atoms with Crippen molar-refractivity contribution in [3.63, 3.8) is 0 Å². The molecule has 0 bridgehead atoms. The van der Waals surface area contributed by atoms with Gasteiger partial charge in [-0.05, 0) is 25.1 Å². The number of rotatable bonds is 3. The van der Waals surface area contributed by atoms with Gasteiger partial charge in [-0.25, -0.2) is 9.97 Å². The first-order valence-electron chi connectivity index (χ1n) is 6.10. The SMILES string of the molecule is Cc1cc(CNC(=O)c2ccccc2C(F)(F)F)ncn1. The van der Waals surface area contributed by atoms with E-state index in [1.54, 1.807) is 13.0 Å². The minimum atomic E-state index is -4.57. The summed E-state index contributed by atoms with van der Waals surface area (Å²) in [5.41, 5.74) is -0.123. The maximum absolute atomic E-state index is 12.8. The van der Waals surface area contributed by atoms with Gasteiger partial charge in [0.25, 0.3) is 5.91 Å². The van der Waals surface area contributed by atoms with Crippen LogP contribution in [0.15, 0.2) is 36.7 Å². The molecule has 0 saturated heterocycles. The smallest absolute Gasteiger partial charge is 0.346 e. The zero-order valence-corrected chi connectivity index (χ0v) is 11.1. The van der Waals surface area contributed by atoms with E-state index < -0.39 is 23.2 Å². The van der Waals surface area contributed by atoms with Gasteiger partial charge in [0.15, 0.2) is 0 Å². The molecule has 1 heterocycles. The number of carbonyl (C=O) groups is 1. The summed E-state index contributed by atoms with van der Waals surface area (Å²) in [6.45, 7) is 1.79. The number of amides is 1. The number of aromatic nitrogens is 2. The molecule has 0 aliphatic heterocycles. The Morgan fingerprint density at radius 1 is 1.24 bits per heavy atom. The molecule has 110 valence electrons. The van der Waals surface area contributed by atoms with Crippen LogP contribution in [0.1, 0.15) is 27.3 Å². The summed E-state index contributed by atoms with van der Waals surface area (Å²) in [5, 5.41) is 2.43. The molecule has 7 heteroatoms. The van der Waals surface area contributed by atoms with E-state index >= 15 is 0 Å². The Hall–Kier alpha value is -2.44. The van der Waals surface area contributed by atoms with Crippen LogP contribution in [0, 0.1) is 6.92 Å². The molecule has 1 N–H and O–H groups in total. The van der Waals surface area contributed by atoms with Gasteiger partial charge in [-0.3, -0.25) is 4.79 Å². The lowest BCUT2D eigenvalue weighted by molar-refractivity contribution is -0.137. The predicted molar refractivity (Wildman–Crippen MR) is 69.4 cm³/mol. The third-order valence-electron chi connectivity index (χ3n) is 2.77. The lowest BCUT2D eigenvalue weighted by atomic mass is 10.1. The Balaban J connectivity index is 2.14. The van der Waals surface area contributed by atoms with Crippen LogP contribution in [-0.2, 0) is 12.7 Å². The largest absolute Gasteiger partial charge is 0.417 e. The molecule has 1 aromatic carbocycles. The highest BCUT2D eigenvalue weighted by molar-refractivity contribution is 5.95. The molecule has 0 fully saturated rings. The molecule has 1 aromatic heterocycles. The maximum atomic E-state index is 12.8. The molecule has 2 rings (SSSR count). The van der Waals surface area contributed by atoms with Crippen LogP contribution in [0.2, 0.25) is 0 Å². The number of nitrogens with one attached hydrogen (secondary N) is 1. The van der Waals surface area contributed by atoms with Crippen molar-refractivity contribution in [2.45, 2.75) is 19.6 Å². The Morgan fingerprint density at radius 2 is 1.95 bits per heavy atom. The molecule has 1 amide bonds. The predicted octanol–water partition coefficient (Wildman–Crippen LogP) is 2.73. The van der Waals surface area contributed by atoms with Gasteiger partial charge in [-0.2, -0.15) is 13.2 Å². The van der Waals surface area contributed by atoms with E-state index in [4.69, 9.17) is 0 Å². The molecule has 21 heavy (non-hydrogen) atoms. The maximum Gasteiger partial charge on any atom is 0.417 e. The molecule has 0 aliphatic rings. The molecule has 4 nitrogen and oxygen atoms in total. The highest BCUT2D eigenvalue weighted by atomic mass is 19.4. The van der Waals surface area contributed by atoms with Crippen molar-refractivity contribution in [3.05, 3.63) is 59.2 Å². The van der Waals surface area contributed by atoms with E-state index in [1.807, 2.05) is 0 Å². The van der Waals surface area contributed by atoms with Crippen molar-refractivity contribution < 1.29 is 18.0 Å². The van der Waals surface area contributed by atoms with Gasteiger partial charge in [-0.15, -0.1) is 0 Å². The van der Waals surface area contributed by atoms with E-state index in [9.17, 15) is 18.0 Å². The zero-order valence-electron chi connectivity index (χ0n) is 11.1. The summed E-state index contributed by atoms with van der Waals surface area (Å²) in [6, 6.07) is 6.30. The van der Waals surface area contributed by atoms with E-state index in [2.05, 4.69) is 15.3 Å². The van der Waals surface area contributed by atoms with Gasteiger partial charge in [-0.1, -0.05) is 12.1 Å². The van der Waals surface area contributed by atoms with Crippen LogP contribution in [0.4, 0.5) is 13.2 Å². The van der Waals surface area contributed by atoms with Crippen molar-refractivity contribution in [2.75, 3.05) is 0 Å². The first kappa shape index (κ1) is 15.0. The quantitative estimate of drug-likeness (QED) is 0.947. The molecule has 0 aliphatic carbocycles. The third-order valence-corrected chi connectivity index (χ3v) is 2.77. The number of nitrogens with zero attached hydrogens (tertiary/aromatic N) is 2. The Labute approximate surface area is 119 Å². The molecule has 0 radical (unpaired) electrons. The van der Waals surface area contributed by atoms with Crippen LogP contribution in [-0.4, -0.2) is 15.9 Å². The minimum absolute atomic E-state index is 0.0361. The number of halogens is 3. The molecular weight excluding hydrogens is 283 g/mol. The average Bonchev–Trinajstić information content (AvgIpc) is 2.44. The second-order valence-electron chi connectivity index (χ2n) is 4.38. The Bertz CT molecular complexity index is 656. The topological polar surface area (TPSA) is 54.9 Å². The molecule has 2 aromatic rings. The molecule has 0 unspecified atom stereocenters. The van der Waals surface area contributed by atoms with E-state index in [0.717, 1.165) is 12.1 Å². The molecular formula is C14H12F3N3O.